The maximum absolute atomic E-state index is 11.9. The minimum Gasteiger partial charge on any atom is -0.408 e. The van der Waals surface area contributed by atoms with E-state index >= 15 is 0 Å². The molecule has 0 aliphatic rings. The SMILES string of the molecule is Cc1[c-]c(C)c(C(=O)Nc2nnc(C)o2)cc1.[Y]. The summed E-state index contributed by atoms with van der Waals surface area (Å²) in [4.78, 5) is 11.9. The molecule has 0 atom stereocenters. The summed E-state index contributed by atoms with van der Waals surface area (Å²) < 4.78 is 5.07. The molecule has 1 radical (unpaired) electrons. The second-order valence-electron chi connectivity index (χ2n) is 3.76. The Morgan fingerprint density at radius 2 is 2.00 bits per heavy atom. The maximum Gasteiger partial charge on any atom is 0.321 e. The molecule has 0 bridgehead atoms. The number of hydrogen-bond donors (Lipinski definition) is 1. The van der Waals surface area contributed by atoms with Crippen LogP contribution >= 0.6 is 0 Å². The summed E-state index contributed by atoms with van der Waals surface area (Å²) in [7, 11) is 0. The van der Waals surface area contributed by atoms with Crippen molar-refractivity contribution in [3.05, 3.63) is 40.8 Å². The van der Waals surface area contributed by atoms with Gasteiger partial charge in [-0.05, 0) is 0 Å². The summed E-state index contributed by atoms with van der Waals surface area (Å²) in [5, 5.41) is 9.87. The number of aryl methyl sites for hydroxylation is 3. The third-order valence-electron chi connectivity index (χ3n) is 2.28. The van der Waals surface area contributed by atoms with Gasteiger partial charge in [0.25, 0.3) is 0 Å². The maximum atomic E-state index is 11.9. The smallest absolute Gasteiger partial charge is 0.321 e. The van der Waals surface area contributed by atoms with Crippen molar-refractivity contribution in [1.29, 1.82) is 0 Å². The molecule has 0 fully saturated rings. The van der Waals surface area contributed by atoms with E-state index in [1.54, 1.807) is 13.0 Å². The van der Waals surface area contributed by atoms with Crippen LogP contribution in [0.1, 0.15) is 27.4 Å². The van der Waals surface area contributed by atoms with Crippen molar-refractivity contribution in [2.75, 3.05) is 5.32 Å². The van der Waals surface area contributed by atoms with Gasteiger partial charge < -0.3 is 4.42 Å². The van der Waals surface area contributed by atoms with E-state index < -0.39 is 0 Å². The minimum absolute atomic E-state index is 0. The van der Waals surface area contributed by atoms with Gasteiger partial charge in [-0.1, -0.05) is 24.5 Å². The molecule has 0 aliphatic carbocycles. The molecule has 0 unspecified atom stereocenters. The first-order chi connectivity index (χ1) is 8.06. The van der Waals surface area contributed by atoms with Crippen molar-refractivity contribution in [3.8, 4) is 0 Å². The van der Waals surface area contributed by atoms with E-state index in [-0.39, 0.29) is 44.6 Å². The molecule has 2 aromatic rings. The average molecular weight is 319 g/mol. The fraction of sp³-hybridized carbons (Fsp3) is 0.250. The molecule has 0 saturated heterocycles. The summed E-state index contributed by atoms with van der Waals surface area (Å²) in [6.45, 7) is 5.42. The molecule has 2 rings (SSSR count). The van der Waals surface area contributed by atoms with Crippen molar-refractivity contribution < 1.29 is 41.9 Å². The van der Waals surface area contributed by atoms with E-state index in [1.165, 1.54) is 0 Å². The summed E-state index contributed by atoms with van der Waals surface area (Å²) in [6, 6.07) is 6.77. The zero-order chi connectivity index (χ0) is 12.4. The molecule has 1 heterocycles. The Bertz CT molecular complexity index is 566. The van der Waals surface area contributed by atoms with Crippen LogP contribution in [0.15, 0.2) is 16.5 Å². The summed E-state index contributed by atoms with van der Waals surface area (Å²) in [5.41, 5.74) is 2.33. The van der Waals surface area contributed by atoms with Gasteiger partial charge in [0.15, 0.2) is 0 Å². The standard InChI is InChI=1S/C12H12N3O2.Y/c1-7-4-5-10(8(2)6-7)11(16)13-12-15-14-9(3)17-12;/h4-5H,1-3H3,(H,13,15,16);/q-1;. The molecule has 91 valence electrons. The van der Waals surface area contributed by atoms with Crippen LogP contribution in [0.3, 0.4) is 0 Å². The zero-order valence-corrected chi connectivity index (χ0v) is 13.3. The van der Waals surface area contributed by atoms with Crippen molar-refractivity contribution in [2.24, 2.45) is 0 Å². The second-order valence-corrected chi connectivity index (χ2v) is 3.76. The number of carbonyl (C=O) groups is 1. The van der Waals surface area contributed by atoms with Crippen molar-refractivity contribution in [1.82, 2.24) is 10.2 Å². The predicted octanol–water partition coefficient (Wildman–Crippen LogP) is 2.04. The molecule has 0 aliphatic heterocycles. The third-order valence-corrected chi connectivity index (χ3v) is 2.28. The molecule has 5 nitrogen and oxygen atoms in total. The van der Waals surface area contributed by atoms with Crippen molar-refractivity contribution in [2.45, 2.75) is 20.8 Å². The van der Waals surface area contributed by atoms with Gasteiger partial charge in [0, 0.05) is 39.6 Å². The Kier molecular flexibility index (Phi) is 5.17. The Morgan fingerprint density at radius 1 is 1.28 bits per heavy atom. The zero-order valence-electron chi connectivity index (χ0n) is 10.4. The van der Waals surface area contributed by atoms with E-state index in [0.717, 1.165) is 11.1 Å². The topological polar surface area (TPSA) is 68.0 Å². The summed E-state index contributed by atoms with van der Waals surface area (Å²) in [5.74, 6) is 0.134. The van der Waals surface area contributed by atoms with Crippen LogP contribution in [0.4, 0.5) is 6.01 Å². The molecular formula is C12H12N3O2Y-. The quantitative estimate of drug-likeness (QED) is 0.860. The fourth-order valence-electron chi connectivity index (χ4n) is 1.50. The minimum atomic E-state index is -0.276. The number of carbonyl (C=O) groups excluding carboxylic acids is 1. The first-order valence-corrected chi connectivity index (χ1v) is 5.17. The van der Waals surface area contributed by atoms with Gasteiger partial charge in [0.05, 0.1) is 0 Å². The number of hydrogen-bond acceptors (Lipinski definition) is 4. The van der Waals surface area contributed by atoms with Crippen molar-refractivity contribution in [3.63, 3.8) is 0 Å². The van der Waals surface area contributed by atoms with Crippen LogP contribution in [0, 0.1) is 26.8 Å². The van der Waals surface area contributed by atoms with Gasteiger partial charge in [-0.2, -0.15) is 29.3 Å². The third kappa shape index (κ3) is 3.46. The molecule has 1 aromatic heterocycles. The van der Waals surface area contributed by atoms with E-state index in [1.807, 2.05) is 19.9 Å². The van der Waals surface area contributed by atoms with E-state index in [0.29, 0.717) is 11.5 Å². The Morgan fingerprint density at radius 3 is 2.56 bits per heavy atom. The number of nitrogens with zero attached hydrogens (tertiary/aromatic N) is 2. The summed E-state index contributed by atoms with van der Waals surface area (Å²) in [6.07, 6.45) is 0. The molecule has 1 aromatic carbocycles. The molecular weight excluding hydrogens is 307 g/mol. The van der Waals surface area contributed by atoms with Crippen LogP contribution in [-0.2, 0) is 32.7 Å². The van der Waals surface area contributed by atoms with Gasteiger partial charge in [0.2, 0.25) is 11.8 Å². The van der Waals surface area contributed by atoms with Gasteiger partial charge in [-0.15, -0.1) is 5.10 Å². The second kappa shape index (κ2) is 6.20. The van der Waals surface area contributed by atoms with Crippen LogP contribution in [0.2, 0.25) is 0 Å². The Balaban J connectivity index is 0.00000162. The number of anilines is 1. The van der Waals surface area contributed by atoms with Gasteiger partial charge in [-0.3, -0.25) is 10.1 Å². The molecule has 1 amide bonds. The Hall–Kier alpha value is -1.07. The first-order valence-electron chi connectivity index (χ1n) is 5.17. The molecule has 0 saturated carbocycles. The number of amides is 1. The van der Waals surface area contributed by atoms with Crippen LogP contribution in [-0.4, -0.2) is 16.1 Å². The first kappa shape index (κ1) is 15.0. The van der Waals surface area contributed by atoms with E-state index in [4.69, 9.17) is 4.42 Å². The van der Waals surface area contributed by atoms with Crippen LogP contribution in [0.25, 0.3) is 0 Å². The fourth-order valence-corrected chi connectivity index (χ4v) is 1.50. The molecule has 6 heteroatoms. The monoisotopic (exact) mass is 319 g/mol. The van der Waals surface area contributed by atoms with E-state index in [2.05, 4.69) is 21.6 Å². The van der Waals surface area contributed by atoms with Gasteiger partial charge in [0.1, 0.15) is 0 Å². The number of nitrogens with one attached hydrogen (secondary N) is 1. The number of rotatable bonds is 2. The molecule has 1 N–H and O–H groups in total. The van der Waals surface area contributed by atoms with Gasteiger partial charge in [-0.25, -0.2) is 0 Å². The number of aromatic nitrogens is 2. The Labute approximate surface area is 130 Å². The van der Waals surface area contributed by atoms with E-state index in [9.17, 15) is 4.79 Å². The number of benzene rings is 1. The normalized spacial score (nSPS) is 9.72. The predicted molar refractivity (Wildman–Crippen MR) is 61.7 cm³/mol. The largest absolute Gasteiger partial charge is 0.408 e. The molecule has 18 heavy (non-hydrogen) atoms. The average Bonchev–Trinajstić information content (AvgIpc) is 2.63. The van der Waals surface area contributed by atoms with Crippen molar-refractivity contribution >= 4 is 11.9 Å². The van der Waals surface area contributed by atoms with Crippen LogP contribution < -0.4 is 5.32 Å². The van der Waals surface area contributed by atoms with Crippen LogP contribution in [0.5, 0.6) is 0 Å². The summed E-state index contributed by atoms with van der Waals surface area (Å²) >= 11 is 0. The van der Waals surface area contributed by atoms with Gasteiger partial charge >= 0.3 is 6.01 Å². The molecule has 0 spiro atoms.